The van der Waals surface area contributed by atoms with Gasteiger partial charge in [-0.05, 0) is 60.7 Å². The van der Waals surface area contributed by atoms with E-state index < -0.39 is 17.7 Å². The van der Waals surface area contributed by atoms with Crippen LogP contribution in [0.4, 0.5) is 0 Å². The molecule has 1 aliphatic heterocycles. The highest BCUT2D eigenvalue weighted by atomic mass is 16.5. The van der Waals surface area contributed by atoms with Crippen LogP contribution in [0.25, 0.3) is 5.76 Å². The second kappa shape index (κ2) is 8.98. The zero-order valence-corrected chi connectivity index (χ0v) is 19.2. The highest BCUT2D eigenvalue weighted by Crippen LogP contribution is 2.42. The molecule has 1 fully saturated rings. The number of hydrogen-bond donors (Lipinski definition) is 1. The van der Waals surface area contributed by atoms with E-state index in [1.807, 2.05) is 44.2 Å². The fourth-order valence-electron chi connectivity index (χ4n) is 4.44. The van der Waals surface area contributed by atoms with Crippen LogP contribution in [-0.4, -0.2) is 28.8 Å². The zero-order valence-electron chi connectivity index (χ0n) is 19.2. The quantitative estimate of drug-likeness (QED) is 0.325. The number of carbonyl (C=O) groups is 2. The van der Waals surface area contributed by atoms with Crippen LogP contribution in [0.15, 0.2) is 64.8 Å². The van der Waals surface area contributed by atoms with Gasteiger partial charge in [-0.2, -0.15) is 0 Å². The summed E-state index contributed by atoms with van der Waals surface area (Å²) in [6.45, 7) is 5.95. The fourth-order valence-corrected chi connectivity index (χ4v) is 4.44. The topological polar surface area (TPSA) is 80.0 Å². The van der Waals surface area contributed by atoms with Crippen LogP contribution >= 0.6 is 0 Å². The van der Waals surface area contributed by atoms with E-state index >= 15 is 0 Å². The second-order valence-electron chi connectivity index (χ2n) is 8.26. The number of benzene rings is 2. The van der Waals surface area contributed by atoms with Gasteiger partial charge >= 0.3 is 0 Å². The lowest BCUT2D eigenvalue weighted by Crippen LogP contribution is -2.29. The molecule has 0 bridgehead atoms. The molecule has 6 heteroatoms. The number of amides is 1. The molecule has 2 aromatic carbocycles. The molecule has 33 heavy (non-hydrogen) atoms. The molecule has 4 rings (SSSR count). The Hall–Kier alpha value is -3.80. The van der Waals surface area contributed by atoms with Gasteiger partial charge in [0.2, 0.25) is 0 Å². The van der Waals surface area contributed by atoms with E-state index in [4.69, 9.17) is 9.15 Å². The Labute approximate surface area is 193 Å². The van der Waals surface area contributed by atoms with Crippen LogP contribution in [0.5, 0.6) is 5.75 Å². The summed E-state index contributed by atoms with van der Waals surface area (Å²) in [5.74, 6) is -0.638. The molecule has 0 spiro atoms. The minimum Gasteiger partial charge on any atom is -0.507 e. The Morgan fingerprint density at radius 2 is 1.85 bits per heavy atom. The molecule has 1 amide bonds. The monoisotopic (exact) mass is 445 g/mol. The number of aliphatic hydroxyl groups is 1. The van der Waals surface area contributed by atoms with Gasteiger partial charge in [0, 0.05) is 0 Å². The largest absolute Gasteiger partial charge is 0.507 e. The molecule has 1 atom stereocenters. The number of rotatable bonds is 6. The summed E-state index contributed by atoms with van der Waals surface area (Å²) < 4.78 is 11.0. The number of furan rings is 1. The van der Waals surface area contributed by atoms with Crippen molar-refractivity contribution in [2.24, 2.45) is 0 Å². The molecule has 0 aliphatic carbocycles. The maximum absolute atomic E-state index is 13.3. The minimum atomic E-state index is -0.758. The first-order valence-corrected chi connectivity index (χ1v) is 10.9. The first kappa shape index (κ1) is 22.4. The average Bonchev–Trinajstić information content (AvgIpc) is 3.40. The molecule has 1 unspecified atom stereocenters. The van der Waals surface area contributed by atoms with Crippen LogP contribution in [0.2, 0.25) is 0 Å². The van der Waals surface area contributed by atoms with E-state index in [1.54, 1.807) is 18.2 Å². The van der Waals surface area contributed by atoms with Gasteiger partial charge in [0.25, 0.3) is 11.7 Å². The van der Waals surface area contributed by atoms with Gasteiger partial charge in [-0.3, -0.25) is 9.59 Å². The number of carbonyl (C=O) groups excluding carboxylic acids is 2. The van der Waals surface area contributed by atoms with Crippen LogP contribution in [0, 0.1) is 13.8 Å². The maximum Gasteiger partial charge on any atom is 0.296 e. The molecular weight excluding hydrogens is 418 g/mol. The number of aryl methyl sites for hydroxylation is 3. The molecule has 0 saturated carbocycles. The summed E-state index contributed by atoms with van der Waals surface area (Å²) in [7, 11) is 1.52. The third kappa shape index (κ3) is 4.04. The van der Waals surface area contributed by atoms with Crippen molar-refractivity contribution in [1.29, 1.82) is 0 Å². The van der Waals surface area contributed by atoms with Crippen LogP contribution in [-0.2, 0) is 22.6 Å². The number of likely N-dealkylation sites (tertiary alicyclic amines) is 1. The minimum absolute atomic E-state index is 0.0408. The first-order valence-electron chi connectivity index (χ1n) is 10.9. The average molecular weight is 446 g/mol. The normalized spacial score (nSPS) is 17.6. The van der Waals surface area contributed by atoms with E-state index in [-0.39, 0.29) is 17.9 Å². The van der Waals surface area contributed by atoms with E-state index in [9.17, 15) is 14.7 Å². The fraction of sp³-hybridized carbons (Fsp3) is 0.259. The second-order valence-corrected chi connectivity index (χ2v) is 8.26. The third-order valence-corrected chi connectivity index (χ3v) is 6.03. The number of methoxy groups -OCH3 is 1. The Kier molecular flexibility index (Phi) is 6.09. The lowest BCUT2D eigenvalue weighted by Gasteiger charge is -2.25. The van der Waals surface area contributed by atoms with Crippen LogP contribution in [0.3, 0.4) is 0 Å². The van der Waals surface area contributed by atoms with Crippen LogP contribution in [0.1, 0.15) is 46.5 Å². The number of nitrogens with zero attached hydrogens (tertiary/aromatic N) is 1. The molecule has 2 heterocycles. The van der Waals surface area contributed by atoms with E-state index in [1.165, 1.54) is 18.3 Å². The molecule has 1 N–H and O–H groups in total. The highest BCUT2D eigenvalue weighted by molar-refractivity contribution is 6.46. The molecular formula is C27H27NO5. The van der Waals surface area contributed by atoms with Gasteiger partial charge < -0.3 is 19.2 Å². The van der Waals surface area contributed by atoms with E-state index in [0.717, 1.165) is 28.7 Å². The number of Topliss-reactive ketones (excluding diaryl/α,β-unsaturated/α-hetero) is 1. The zero-order chi connectivity index (χ0) is 23.7. The van der Waals surface area contributed by atoms with Crippen molar-refractivity contribution in [2.75, 3.05) is 7.11 Å². The van der Waals surface area contributed by atoms with Gasteiger partial charge in [-0.15, -0.1) is 0 Å². The lowest BCUT2D eigenvalue weighted by atomic mass is 9.93. The van der Waals surface area contributed by atoms with Crippen molar-refractivity contribution in [3.05, 3.63) is 93.9 Å². The van der Waals surface area contributed by atoms with Gasteiger partial charge in [0.15, 0.2) is 0 Å². The van der Waals surface area contributed by atoms with Gasteiger partial charge in [-0.1, -0.05) is 37.3 Å². The maximum atomic E-state index is 13.3. The standard InChI is InChI=1S/C27H27NO5/c1-5-18-8-10-19(11-9-18)23-22(24(29)21-14-16(2)13-17(3)26(21)32-4)25(30)27(31)28(23)15-20-7-6-12-33-20/h6-14,23,29H,5,15H2,1-4H3/b24-22+. The van der Waals surface area contributed by atoms with Crippen molar-refractivity contribution in [3.63, 3.8) is 0 Å². The molecule has 1 aromatic heterocycles. The molecule has 6 nitrogen and oxygen atoms in total. The summed E-state index contributed by atoms with van der Waals surface area (Å²) in [6, 6.07) is 14.2. The molecule has 3 aromatic rings. The van der Waals surface area contributed by atoms with Crippen molar-refractivity contribution >= 4 is 17.4 Å². The van der Waals surface area contributed by atoms with Crippen LogP contribution < -0.4 is 4.74 Å². The third-order valence-electron chi connectivity index (χ3n) is 6.03. The van der Waals surface area contributed by atoms with Crippen molar-refractivity contribution in [2.45, 2.75) is 39.8 Å². The lowest BCUT2D eigenvalue weighted by molar-refractivity contribution is -0.140. The SMILES string of the molecule is CCc1ccc(C2/C(=C(\O)c3cc(C)cc(C)c3OC)C(=O)C(=O)N2Cc2ccco2)cc1. The Morgan fingerprint density at radius 3 is 2.45 bits per heavy atom. The summed E-state index contributed by atoms with van der Waals surface area (Å²) in [5.41, 5.74) is 4.04. The van der Waals surface area contributed by atoms with Crippen molar-refractivity contribution in [3.8, 4) is 5.75 Å². The number of ketones is 1. The predicted molar refractivity (Wildman–Crippen MR) is 125 cm³/mol. The summed E-state index contributed by atoms with van der Waals surface area (Å²) in [5, 5.41) is 11.4. The number of ether oxygens (including phenoxy) is 1. The van der Waals surface area contributed by atoms with Gasteiger partial charge in [0.1, 0.15) is 17.3 Å². The van der Waals surface area contributed by atoms with E-state index in [0.29, 0.717) is 17.1 Å². The van der Waals surface area contributed by atoms with Gasteiger partial charge in [-0.25, -0.2) is 0 Å². The molecule has 170 valence electrons. The Balaban J connectivity index is 1.92. The summed E-state index contributed by atoms with van der Waals surface area (Å²) >= 11 is 0. The smallest absolute Gasteiger partial charge is 0.296 e. The molecule has 1 saturated heterocycles. The number of hydrogen-bond acceptors (Lipinski definition) is 5. The summed E-state index contributed by atoms with van der Waals surface area (Å²) in [6.07, 6.45) is 2.39. The molecule has 0 radical (unpaired) electrons. The predicted octanol–water partition coefficient (Wildman–Crippen LogP) is 5.09. The molecule has 1 aliphatic rings. The van der Waals surface area contributed by atoms with Gasteiger partial charge in [0.05, 0.1) is 37.1 Å². The number of aliphatic hydroxyl groups excluding tert-OH is 1. The Bertz CT molecular complexity index is 1220. The summed E-state index contributed by atoms with van der Waals surface area (Å²) in [4.78, 5) is 27.8. The Morgan fingerprint density at radius 1 is 1.12 bits per heavy atom. The highest BCUT2D eigenvalue weighted by Gasteiger charge is 2.46. The van der Waals surface area contributed by atoms with Crippen molar-refractivity contribution < 1.29 is 23.8 Å². The van der Waals surface area contributed by atoms with E-state index in [2.05, 4.69) is 6.92 Å². The van der Waals surface area contributed by atoms with Crippen molar-refractivity contribution in [1.82, 2.24) is 4.90 Å². The first-order chi connectivity index (χ1) is 15.8.